The van der Waals surface area contributed by atoms with Crippen molar-refractivity contribution in [1.29, 1.82) is 0 Å². The molecule has 32 heavy (non-hydrogen) atoms. The van der Waals surface area contributed by atoms with Gasteiger partial charge in [-0.25, -0.2) is 13.4 Å². The summed E-state index contributed by atoms with van der Waals surface area (Å²) in [6, 6.07) is 11.6. The number of rotatable bonds is 9. The number of hydrogen-bond donors (Lipinski definition) is 1. The van der Waals surface area contributed by atoms with Gasteiger partial charge in [0.2, 0.25) is 10.0 Å². The standard InChI is InChI=1S/C23H26N4O4S/c1-4-27(5-2)32(29,30)19-9-8-17(3)20(15-19)23(28)26-22-21(7-6-12-25-22)31-16-18-10-13-24-14-11-18/h6-15H,4-5,16H2,1-3H3,(H,25,26,28). The maximum atomic E-state index is 13.0. The molecule has 3 rings (SSSR count). The van der Waals surface area contributed by atoms with E-state index in [1.807, 2.05) is 12.1 Å². The van der Waals surface area contributed by atoms with E-state index in [0.717, 1.165) is 5.56 Å². The summed E-state index contributed by atoms with van der Waals surface area (Å²) in [4.78, 5) is 21.3. The number of benzene rings is 1. The third-order valence-electron chi connectivity index (χ3n) is 4.94. The molecular formula is C23H26N4O4S. The van der Waals surface area contributed by atoms with Crippen molar-refractivity contribution in [2.24, 2.45) is 0 Å². The zero-order chi connectivity index (χ0) is 23.1. The predicted octanol–water partition coefficient (Wildman–Crippen LogP) is 3.65. The highest BCUT2D eigenvalue weighted by atomic mass is 32.2. The molecule has 1 amide bonds. The van der Waals surface area contributed by atoms with Crippen molar-refractivity contribution in [3.8, 4) is 5.75 Å². The lowest BCUT2D eigenvalue weighted by molar-refractivity contribution is 0.102. The fourth-order valence-corrected chi connectivity index (χ4v) is 4.62. The molecule has 3 aromatic rings. The van der Waals surface area contributed by atoms with Crippen LogP contribution in [0.1, 0.15) is 35.3 Å². The molecule has 0 aliphatic heterocycles. The van der Waals surface area contributed by atoms with Gasteiger partial charge in [0, 0.05) is 37.2 Å². The van der Waals surface area contributed by atoms with Crippen LogP contribution in [0.4, 0.5) is 5.82 Å². The number of sulfonamides is 1. The van der Waals surface area contributed by atoms with Gasteiger partial charge in [-0.1, -0.05) is 19.9 Å². The van der Waals surface area contributed by atoms with Crippen LogP contribution in [-0.2, 0) is 16.6 Å². The molecule has 0 unspecified atom stereocenters. The summed E-state index contributed by atoms with van der Waals surface area (Å²) in [6.45, 7) is 6.28. The average molecular weight is 455 g/mol. The van der Waals surface area contributed by atoms with Gasteiger partial charge in [0.05, 0.1) is 4.90 Å². The van der Waals surface area contributed by atoms with E-state index < -0.39 is 15.9 Å². The monoisotopic (exact) mass is 454 g/mol. The van der Waals surface area contributed by atoms with Crippen LogP contribution in [0, 0.1) is 6.92 Å². The number of carbonyl (C=O) groups excluding carboxylic acids is 1. The molecule has 0 aliphatic rings. The van der Waals surface area contributed by atoms with Gasteiger partial charge in [-0.3, -0.25) is 9.78 Å². The first-order chi connectivity index (χ1) is 15.4. The van der Waals surface area contributed by atoms with Crippen LogP contribution in [0.25, 0.3) is 0 Å². The van der Waals surface area contributed by atoms with Crippen LogP contribution in [0.15, 0.2) is 66.0 Å². The van der Waals surface area contributed by atoms with Gasteiger partial charge in [0.1, 0.15) is 6.61 Å². The predicted molar refractivity (Wildman–Crippen MR) is 122 cm³/mol. The average Bonchev–Trinajstić information content (AvgIpc) is 2.80. The molecule has 2 heterocycles. The minimum absolute atomic E-state index is 0.0760. The zero-order valence-corrected chi connectivity index (χ0v) is 19.1. The van der Waals surface area contributed by atoms with Crippen LogP contribution < -0.4 is 10.1 Å². The maximum absolute atomic E-state index is 13.0. The Balaban J connectivity index is 1.84. The fourth-order valence-electron chi connectivity index (χ4n) is 3.13. The third kappa shape index (κ3) is 5.30. The number of amides is 1. The van der Waals surface area contributed by atoms with E-state index >= 15 is 0 Å². The highest BCUT2D eigenvalue weighted by Crippen LogP contribution is 2.25. The molecule has 0 spiro atoms. The third-order valence-corrected chi connectivity index (χ3v) is 6.99. The summed E-state index contributed by atoms with van der Waals surface area (Å²) in [5.74, 6) is 0.191. The summed E-state index contributed by atoms with van der Waals surface area (Å²) in [6.07, 6.45) is 4.89. The maximum Gasteiger partial charge on any atom is 0.257 e. The Hall–Kier alpha value is -3.30. The Morgan fingerprint density at radius 1 is 1.06 bits per heavy atom. The first kappa shape index (κ1) is 23.4. The van der Waals surface area contributed by atoms with Gasteiger partial charge in [-0.2, -0.15) is 4.31 Å². The summed E-state index contributed by atoms with van der Waals surface area (Å²) in [7, 11) is -3.69. The normalized spacial score (nSPS) is 11.4. The van der Waals surface area contributed by atoms with Crippen molar-refractivity contribution < 1.29 is 17.9 Å². The first-order valence-electron chi connectivity index (χ1n) is 10.3. The van der Waals surface area contributed by atoms with Gasteiger partial charge in [-0.15, -0.1) is 0 Å². The van der Waals surface area contributed by atoms with E-state index in [-0.39, 0.29) is 22.9 Å². The van der Waals surface area contributed by atoms with E-state index in [1.165, 1.54) is 16.4 Å². The van der Waals surface area contributed by atoms with E-state index in [2.05, 4.69) is 15.3 Å². The van der Waals surface area contributed by atoms with Gasteiger partial charge in [0.25, 0.3) is 5.91 Å². The second kappa shape index (κ2) is 10.3. The minimum atomic E-state index is -3.69. The van der Waals surface area contributed by atoms with Crippen molar-refractivity contribution in [3.63, 3.8) is 0 Å². The zero-order valence-electron chi connectivity index (χ0n) is 18.3. The molecule has 0 saturated heterocycles. The Labute approximate surface area is 188 Å². The Morgan fingerprint density at radius 2 is 1.78 bits per heavy atom. The minimum Gasteiger partial charge on any atom is -0.485 e. The molecule has 168 valence electrons. The van der Waals surface area contributed by atoms with E-state index in [9.17, 15) is 13.2 Å². The first-order valence-corrected chi connectivity index (χ1v) is 11.7. The lowest BCUT2D eigenvalue weighted by atomic mass is 10.1. The Kier molecular flexibility index (Phi) is 7.55. The number of ether oxygens (including phenoxy) is 1. The summed E-state index contributed by atoms with van der Waals surface area (Å²) < 4.78 is 32.9. The molecule has 0 saturated carbocycles. The highest BCUT2D eigenvalue weighted by Gasteiger charge is 2.24. The molecule has 0 fully saturated rings. The van der Waals surface area contributed by atoms with E-state index in [1.54, 1.807) is 57.6 Å². The number of anilines is 1. The number of carbonyl (C=O) groups is 1. The topological polar surface area (TPSA) is 101 Å². The van der Waals surface area contributed by atoms with Crippen LogP contribution in [0.3, 0.4) is 0 Å². The van der Waals surface area contributed by atoms with Gasteiger partial charge in [-0.05, 0) is 54.4 Å². The van der Waals surface area contributed by atoms with Crippen molar-refractivity contribution in [1.82, 2.24) is 14.3 Å². The Bertz CT molecular complexity index is 1180. The summed E-state index contributed by atoms with van der Waals surface area (Å²) in [5, 5.41) is 2.74. The molecule has 9 heteroatoms. The lowest BCUT2D eigenvalue weighted by Crippen LogP contribution is -2.30. The van der Waals surface area contributed by atoms with Gasteiger partial charge >= 0.3 is 0 Å². The number of pyridine rings is 2. The number of hydrogen-bond acceptors (Lipinski definition) is 6. The fraction of sp³-hybridized carbons (Fsp3) is 0.261. The molecule has 0 bridgehead atoms. The van der Waals surface area contributed by atoms with Crippen LogP contribution in [0.5, 0.6) is 5.75 Å². The molecule has 2 aromatic heterocycles. The van der Waals surface area contributed by atoms with Gasteiger partial charge in [0.15, 0.2) is 11.6 Å². The second-order valence-electron chi connectivity index (χ2n) is 7.01. The molecule has 0 aliphatic carbocycles. The molecule has 0 atom stereocenters. The van der Waals surface area contributed by atoms with Gasteiger partial charge < -0.3 is 10.1 Å². The molecule has 1 aromatic carbocycles. The second-order valence-corrected chi connectivity index (χ2v) is 8.95. The number of aryl methyl sites for hydroxylation is 1. The molecular weight excluding hydrogens is 428 g/mol. The molecule has 1 N–H and O–H groups in total. The largest absolute Gasteiger partial charge is 0.485 e. The Morgan fingerprint density at radius 3 is 2.47 bits per heavy atom. The molecule has 0 radical (unpaired) electrons. The highest BCUT2D eigenvalue weighted by molar-refractivity contribution is 7.89. The SMILES string of the molecule is CCN(CC)S(=O)(=O)c1ccc(C)c(C(=O)Nc2ncccc2OCc2ccncc2)c1. The van der Waals surface area contributed by atoms with Crippen molar-refractivity contribution in [2.45, 2.75) is 32.3 Å². The number of nitrogens with zero attached hydrogens (tertiary/aromatic N) is 3. The lowest BCUT2D eigenvalue weighted by Gasteiger charge is -2.19. The molecule has 8 nitrogen and oxygen atoms in total. The number of nitrogens with one attached hydrogen (secondary N) is 1. The van der Waals surface area contributed by atoms with Crippen LogP contribution in [0.2, 0.25) is 0 Å². The summed E-state index contributed by atoms with van der Waals surface area (Å²) in [5.41, 5.74) is 1.83. The summed E-state index contributed by atoms with van der Waals surface area (Å²) >= 11 is 0. The number of aromatic nitrogens is 2. The quantitative estimate of drug-likeness (QED) is 0.530. The van der Waals surface area contributed by atoms with Crippen molar-refractivity contribution in [2.75, 3.05) is 18.4 Å². The van der Waals surface area contributed by atoms with Crippen molar-refractivity contribution >= 4 is 21.7 Å². The van der Waals surface area contributed by atoms with Crippen LogP contribution in [-0.4, -0.2) is 41.7 Å². The van der Waals surface area contributed by atoms with E-state index in [0.29, 0.717) is 24.4 Å². The van der Waals surface area contributed by atoms with E-state index in [4.69, 9.17) is 4.74 Å². The van der Waals surface area contributed by atoms with Crippen LogP contribution >= 0.6 is 0 Å². The smallest absolute Gasteiger partial charge is 0.257 e. The van der Waals surface area contributed by atoms with Crippen molar-refractivity contribution in [3.05, 3.63) is 77.7 Å².